The highest BCUT2D eigenvalue weighted by Gasteiger charge is 2.25. The number of hydrogen-bond donors (Lipinski definition) is 0. The summed E-state index contributed by atoms with van der Waals surface area (Å²) in [5, 5.41) is 2.39. The molecule has 30 heavy (non-hydrogen) atoms. The van der Waals surface area contributed by atoms with Crippen molar-refractivity contribution in [3.8, 4) is 0 Å². The first-order valence-electron chi connectivity index (χ1n) is 10.6. The third kappa shape index (κ3) is 3.20. The van der Waals surface area contributed by atoms with Crippen LogP contribution in [0.3, 0.4) is 0 Å². The van der Waals surface area contributed by atoms with Gasteiger partial charge in [0.15, 0.2) is 0 Å². The molecule has 0 spiro atoms. The van der Waals surface area contributed by atoms with E-state index in [2.05, 4.69) is 66.7 Å². The molecule has 0 N–H and O–H groups in total. The zero-order chi connectivity index (χ0) is 21.0. The van der Waals surface area contributed by atoms with Crippen molar-refractivity contribution in [3.05, 3.63) is 70.1 Å². The van der Waals surface area contributed by atoms with Crippen LogP contribution in [0, 0.1) is 5.82 Å². The SMILES string of the molecule is CC1CC=C(N(C)C)Sc2ccc(N3CCc4c(n(C)c5ccc(F)cc45)C3)cc21. The number of allylic oxidation sites excluding steroid dienone is 1. The summed E-state index contributed by atoms with van der Waals surface area (Å²) in [7, 11) is 6.33. The summed E-state index contributed by atoms with van der Waals surface area (Å²) in [6.07, 6.45) is 4.37. The number of nitrogens with zero attached hydrogens (tertiary/aromatic N) is 3. The Balaban J connectivity index is 1.48. The maximum atomic E-state index is 13.8. The molecule has 1 aromatic heterocycles. The monoisotopic (exact) mass is 421 g/mol. The fourth-order valence-corrected chi connectivity index (χ4v) is 5.90. The molecule has 2 aliphatic heterocycles. The summed E-state index contributed by atoms with van der Waals surface area (Å²) in [6.45, 7) is 4.15. The van der Waals surface area contributed by atoms with Gasteiger partial charge in [0, 0.05) is 54.9 Å². The Kier molecular flexibility index (Phi) is 4.81. The van der Waals surface area contributed by atoms with Gasteiger partial charge in [-0.05, 0) is 66.3 Å². The molecule has 5 heteroatoms. The molecule has 3 heterocycles. The van der Waals surface area contributed by atoms with Crippen LogP contribution >= 0.6 is 11.8 Å². The second kappa shape index (κ2) is 7.38. The van der Waals surface area contributed by atoms with E-state index in [1.165, 1.54) is 32.4 Å². The number of benzene rings is 2. The average Bonchev–Trinajstić information content (AvgIpc) is 2.89. The van der Waals surface area contributed by atoms with Gasteiger partial charge in [0.1, 0.15) is 5.82 Å². The first-order chi connectivity index (χ1) is 14.4. The summed E-state index contributed by atoms with van der Waals surface area (Å²) < 4.78 is 16.1. The highest BCUT2D eigenvalue weighted by Crippen LogP contribution is 2.42. The van der Waals surface area contributed by atoms with Crippen LogP contribution in [0.1, 0.15) is 36.1 Å². The van der Waals surface area contributed by atoms with Crippen molar-refractivity contribution in [1.82, 2.24) is 9.47 Å². The van der Waals surface area contributed by atoms with Crippen LogP contribution in [0.15, 0.2) is 52.4 Å². The molecule has 1 unspecified atom stereocenters. The number of fused-ring (bicyclic) bond motifs is 4. The van der Waals surface area contributed by atoms with E-state index in [0.29, 0.717) is 5.92 Å². The van der Waals surface area contributed by atoms with Gasteiger partial charge in [-0.3, -0.25) is 0 Å². The topological polar surface area (TPSA) is 11.4 Å². The van der Waals surface area contributed by atoms with Crippen LogP contribution < -0.4 is 4.90 Å². The lowest BCUT2D eigenvalue weighted by atomic mass is 9.96. The van der Waals surface area contributed by atoms with Gasteiger partial charge in [-0.2, -0.15) is 0 Å². The van der Waals surface area contributed by atoms with Crippen LogP contribution in [0.5, 0.6) is 0 Å². The number of aromatic nitrogens is 1. The van der Waals surface area contributed by atoms with Crippen molar-refractivity contribution in [2.24, 2.45) is 7.05 Å². The molecule has 3 nitrogen and oxygen atoms in total. The van der Waals surface area contributed by atoms with E-state index < -0.39 is 0 Å². The second-order valence-electron chi connectivity index (χ2n) is 8.72. The van der Waals surface area contributed by atoms with Crippen molar-refractivity contribution in [2.75, 3.05) is 25.5 Å². The first-order valence-corrected chi connectivity index (χ1v) is 11.4. The van der Waals surface area contributed by atoms with Gasteiger partial charge in [-0.15, -0.1) is 0 Å². The predicted octanol–water partition coefficient (Wildman–Crippen LogP) is 5.88. The quantitative estimate of drug-likeness (QED) is 0.512. The Morgan fingerprint density at radius 1 is 1.13 bits per heavy atom. The lowest BCUT2D eigenvalue weighted by Gasteiger charge is -2.31. The average molecular weight is 422 g/mol. The van der Waals surface area contributed by atoms with E-state index in [4.69, 9.17) is 0 Å². The molecule has 5 rings (SSSR count). The molecule has 0 saturated carbocycles. The molecular formula is C25H28FN3S. The van der Waals surface area contributed by atoms with E-state index >= 15 is 0 Å². The summed E-state index contributed by atoms with van der Waals surface area (Å²) in [4.78, 5) is 6.04. The molecule has 0 radical (unpaired) electrons. The normalized spacial score (nSPS) is 18.6. The molecule has 0 fully saturated rings. The molecule has 0 saturated heterocycles. The number of hydrogen-bond acceptors (Lipinski definition) is 3. The lowest BCUT2D eigenvalue weighted by Crippen LogP contribution is -2.31. The van der Waals surface area contributed by atoms with Gasteiger partial charge in [-0.1, -0.05) is 24.8 Å². The maximum Gasteiger partial charge on any atom is 0.123 e. The minimum absolute atomic E-state index is 0.152. The standard InChI is InChI=1S/C25H28FN3S/c1-16-5-10-25(27(2)3)30-24-9-7-18(14-20(16)24)29-12-11-19-21-13-17(26)6-8-22(21)28(4)23(19)15-29/h6-10,13-14,16H,5,11-12,15H2,1-4H3. The fraction of sp³-hybridized carbons (Fsp3) is 0.360. The lowest BCUT2D eigenvalue weighted by molar-refractivity contribution is 0.546. The summed E-state index contributed by atoms with van der Waals surface area (Å²) in [6, 6.07) is 12.1. The van der Waals surface area contributed by atoms with Gasteiger partial charge in [-0.25, -0.2) is 4.39 Å². The van der Waals surface area contributed by atoms with Gasteiger partial charge >= 0.3 is 0 Å². The fourth-order valence-electron chi connectivity index (χ4n) is 4.80. The van der Waals surface area contributed by atoms with Crippen molar-refractivity contribution in [3.63, 3.8) is 0 Å². The van der Waals surface area contributed by atoms with Crippen LogP contribution in [-0.2, 0) is 20.0 Å². The molecule has 2 aromatic carbocycles. The summed E-state index contributed by atoms with van der Waals surface area (Å²) in [5.41, 5.74) is 6.46. The zero-order valence-corrected chi connectivity index (χ0v) is 18.9. The van der Waals surface area contributed by atoms with Crippen LogP contribution in [0.2, 0.25) is 0 Å². The van der Waals surface area contributed by atoms with E-state index in [9.17, 15) is 4.39 Å². The van der Waals surface area contributed by atoms with Crippen molar-refractivity contribution in [2.45, 2.75) is 37.1 Å². The van der Waals surface area contributed by atoms with E-state index in [-0.39, 0.29) is 5.82 Å². The van der Waals surface area contributed by atoms with Gasteiger partial charge in [0.2, 0.25) is 0 Å². The van der Waals surface area contributed by atoms with E-state index in [1.807, 2.05) is 17.8 Å². The third-order valence-electron chi connectivity index (χ3n) is 6.56. The number of halogens is 1. The van der Waals surface area contributed by atoms with Crippen LogP contribution in [-0.4, -0.2) is 30.1 Å². The number of thioether (sulfide) groups is 1. The molecule has 0 bridgehead atoms. The Bertz CT molecular complexity index is 1160. The highest BCUT2D eigenvalue weighted by molar-refractivity contribution is 8.03. The van der Waals surface area contributed by atoms with Gasteiger partial charge in [0.05, 0.1) is 11.6 Å². The third-order valence-corrected chi connectivity index (χ3v) is 7.89. The highest BCUT2D eigenvalue weighted by atomic mass is 32.2. The number of rotatable bonds is 2. The summed E-state index contributed by atoms with van der Waals surface area (Å²) >= 11 is 1.87. The van der Waals surface area contributed by atoms with Crippen LogP contribution in [0.25, 0.3) is 10.9 Å². The maximum absolute atomic E-state index is 13.8. The largest absolute Gasteiger partial charge is 0.372 e. The Morgan fingerprint density at radius 3 is 2.77 bits per heavy atom. The molecular weight excluding hydrogens is 393 g/mol. The zero-order valence-electron chi connectivity index (χ0n) is 18.1. The Hall–Kier alpha value is -2.40. The predicted molar refractivity (Wildman–Crippen MR) is 125 cm³/mol. The molecule has 2 aliphatic rings. The van der Waals surface area contributed by atoms with Crippen molar-refractivity contribution < 1.29 is 4.39 Å². The van der Waals surface area contributed by atoms with Gasteiger partial charge < -0.3 is 14.4 Å². The number of anilines is 1. The van der Waals surface area contributed by atoms with Crippen LogP contribution in [0.4, 0.5) is 10.1 Å². The first kappa shape index (κ1) is 19.6. The molecule has 0 amide bonds. The second-order valence-corrected chi connectivity index (χ2v) is 9.78. The van der Waals surface area contributed by atoms with E-state index in [1.54, 1.807) is 12.1 Å². The Labute approximate surface area is 182 Å². The minimum atomic E-state index is -0.152. The van der Waals surface area contributed by atoms with E-state index in [0.717, 1.165) is 36.8 Å². The minimum Gasteiger partial charge on any atom is -0.372 e. The Morgan fingerprint density at radius 2 is 1.97 bits per heavy atom. The molecule has 156 valence electrons. The summed E-state index contributed by atoms with van der Waals surface area (Å²) in [5.74, 6) is 0.354. The van der Waals surface area contributed by atoms with Crippen molar-refractivity contribution >= 4 is 28.4 Å². The number of aryl methyl sites for hydroxylation is 1. The molecule has 1 atom stereocenters. The van der Waals surface area contributed by atoms with Gasteiger partial charge in [0.25, 0.3) is 0 Å². The smallest absolute Gasteiger partial charge is 0.123 e. The van der Waals surface area contributed by atoms with Crippen molar-refractivity contribution in [1.29, 1.82) is 0 Å². The molecule has 0 aliphatic carbocycles. The molecule has 3 aromatic rings.